The van der Waals surface area contributed by atoms with Crippen LogP contribution in [0.2, 0.25) is 0 Å². The fourth-order valence-electron chi connectivity index (χ4n) is 5.99. The van der Waals surface area contributed by atoms with E-state index in [4.69, 9.17) is 13.4 Å². The first-order valence-electron chi connectivity index (χ1n) is 24.9. The summed E-state index contributed by atoms with van der Waals surface area (Å²) in [7, 11) is 0. The van der Waals surface area contributed by atoms with Crippen LogP contribution in [0, 0.1) is 35.5 Å². The van der Waals surface area contributed by atoms with E-state index >= 15 is 0 Å². The van der Waals surface area contributed by atoms with Gasteiger partial charge in [-0.15, -0.1) is 0 Å². The summed E-state index contributed by atoms with van der Waals surface area (Å²) in [4.78, 5) is 71.6. The van der Waals surface area contributed by atoms with E-state index in [-0.39, 0.29) is 70.2 Å². The Bertz CT molecular complexity index is 2570. The maximum Gasteiger partial charge on any atom is 0.180 e. The third kappa shape index (κ3) is 22.0. The standard InChI is InChI=1S/C13H14O2.C12H13NO2.3C8H12N2O.C8H11NO2/c1-9(2)12(14)7-10-8-15-13-6-4-3-5-11(10)13;1-8(2)11(14)7-10-9-5-3-4-6-12(9)15-13-10;1-6(2)8(11)3-7-4-9-10-5-7;1-6(2)8(11)5-7-3-4-9-10-7;1-7(2)8(11)6-10-5-3-4-9-10;1-6(2)8(10)3-7-4-11-5-9-7/h3-6,8-9H,7H2,1-2H3;3-6,8H,7H2,1-2H3;4-6H,3H2,1-2H3,(H,9,10);3-4,6H,5H2,1-2H3,(H,9,10);3-5,7H,6H2,1-2H3;4-6H,3H2,1-2H3. The van der Waals surface area contributed by atoms with Crippen LogP contribution < -0.4 is 0 Å². The van der Waals surface area contributed by atoms with E-state index in [1.165, 1.54) is 12.7 Å². The van der Waals surface area contributed by atoms with Crippen LogP contribution in [0.3, 0.4) is 0 Å². The number of rotatable bonds is 18. The zero-order valence-corrected chi connectivity index (χ0v) is 45.0. The second-order valence-corrected chi connectivity index (χ2v) is 19.4. The maximum atomic E-state index is 11.6. The molecule has 0 saturated heterocycles. The van der Waals surface area contributed by atoms with E-state index in [2.05, 4.69) is 35.6 Å². The number of hydrogen-bond donors (Lipinski definition) is 2. The molecule has 0 amide bonds. The first kappa shape index (κ1) is 60.6. The van der Waals surface area contributed by atoms with Gasteiger partial charge in [0.25, 0.3) is 0 Å². The number of aromatic nitrogens is 8. The molecule has 0 aliphatic carbocycles. The van der Waals surface area contributed by atoms with E-state index in [1.807, 2.05) is 144 Å². The van der Waals surface area contributed by atoms with Crippen molar-refractivity contribution < 1.29 is 42.1 Å². The number of carbonyl (C=O) groups excluding carboxylic acids is 6. The Balaban J connectivity index is 0.000000236. The quantitative estimate of drug-likeness (QED) is 0.0812. The van der Waals surface area contributed by atoms with Gasteiger partial charge in [0.05, 0.1) is 43.2 Å². The topological polar surface area (TPSA) is 243 Å². The lowest BCUT2D eigenvalue weighted by Gasteiger charge is -2.02. The molecule has 0 bridgehead atoms. The van der Waals surface area contributed by atoms with Gasteiger partial charge in [0.15, 0.2) is 17.8 Å². The Hall–Kier alpha value is -7.69. The average Bonchev–Trinajstić information content (AvgIpc) is 4.24. The average molecular weight is 1020 g/mol. The van der Waals surface area contributed by atoms with Gasteiger partial charge in [0.1, 0.15) is 40.8 Å². The SMILES string of the molecule is CC(C)C(=O)Cc1ccn[nH]1.CC(C)C(=O)Cc1cn[nH]c1.CC(C)C(=O)Cc1coc2ccccc12.CC(C)C(=O)Cc1cocn1.CC(C)C(=O)Cc1noc2ccccc12.CC(C)C(=O)Cn1cccn1. The smallest absolute Gasteiger partial charge is 0.180 e. The largest absolute Gasteiger partial charge is 0.464 e. The molecule has 0 radical (unpaired) electrons. The van der Waals surface area contributed by atoms with E-state index in [1.54, 1.807) is 41.9 Å². The minimum Gasteiger partial charge on any atom is -0.464 e. The molecule has 0 unspecified atom stereocenters. The molecule has 0 saturated carbocycles. The molecule has 2 aromatic carbocycles. The molecule has 6 aromatic heterocycles. The van der Waals surface area contributed by atoms with Crippen LogP contribution in [-0.2, 0) is 67.4 Å². The number of aromatic amines is 2. The van der Waals surface area contributed by atoms with Crippen molar-refractivity contribution in [2.24, 2.45) is 35.5 Å². The fourth-order valence-corrected chi connectivity index (χ4v) is 5.99. The van der Waals surface area contributed by atoms with Crippen molar-refractivity contribution in [3.8, 4) is 0 Å². The van der Waals surface area contributed by atoms with Crippen LogP contribution in [0.5, 0.6) is 0 Å². The Labute approximate surface area is 433 Å². The highest BCUT2D eigenvalue weighted by atomic mass is 16.5. The predicted octanol–water partition coefficient (Wildman–Crippen LogP) is 10.7. The van der Waals surface area contributed by atoms with Gasteiger partial charge < -0.3 is 13.4 Å². The normalized spacial score (nSPS) is 10.7. The second-order valence-electron chi connectivity index (χ2n) is 19.4. The van der Waals surface area contributed by atoms with Gasteiger partial charge in [-0.3, -0.25) is 43.6 Å². The van der Waals surface area contributed by atoms with Crippen LogP contribution >= 0.6 is 0 Å². The fraction of sp³-hybridized carbons (Fsp3) is 0.421. The number of para-hydroxylation sites is 2. The van der Waals surface area contributed by atoms with Crippen molar-refractivity contribution >= 4 is 56.6 Å². The highest BCUT2D eigenvalue weighted by molar-refractivity contribution is 5.90. The zero-order valence-electron chi connectivity index (χ0n) is 45.0. The highest BCUT2D eigenvalue weighted by Gasteiger charge is 2.16. The van der Waals surface area contributed by atoms with Crippen molar-refractivity contribution in [1.29, 1.82) is 0 Å². The van der Waals surface area contributed by atoms with Crippen LogP contribution in [0.1, 0.15) is 111 Å². The number of fused-ring (bicyclic) bond motifs is 2. The number of carbonyl (C=O) groups is 6. The number of furan rings is 1. The van der Waals surface area contributed by atoms with Crippen molar-refractivity contribution in [1.82, 2.24) is 40.3 Å². The van der Waals surface area contributed by atoms with E-state index in [0.717, 1.165) is 44.5 Å². The first-order chi connectivity index (χ1) is 35.2. The molecule has 17 heteroatoms. The number of Topliss-reactive ketones (excluding diaryl/α,β-unsaturated/α-hetero) is 6. The summed E-state index contributed by atoms with van der Waals surface area (Å²) in [5, 5.41) is 22.8. The lowest BCUT2D eigenvalue weighted by Crippen LogP contribution is -2.15. The van der Waals surface area contributed by atoms with Gasteiger partial charge in [-0.1, -0.05) is 119 Å². The molecule has 0 spiro atoms. The number of nitrogens with zero attached hydrogens (tertiary/aromatic N) is 6. The molecule has 0 atom stereocenters. The summed E-state index contributed by atoms with van der Waals surface area (Å²) in [6.07, 6.45) is 15.2. The summed E-state index contributed by atoms with van der Waals surface area (Å²) in [5.74, 6) is 1.87. The summed E-state index contributed by atoms with van der Waals surface area (Å²) < 4.78 is 16.9. The summed E-state index contributed by atoms with van der Waals surface area (Å²) in [5.41, 5.74) is 5.89. The third-order valence-corrected chi connectivity index (χ3v) is 11.2. The van der Waals surface area contributed by atoms with Gasteiger partial charge in [-0.05, 0) is 35.9 Å². The Kier molecular flexibility index (Phi) is 26.0. The van der Waals surface area contributed by atoms with E-state index in [0.29, 0.717) is 44.3 Å². The molecule has 74 heavy (non-hydrogen) atoms. The molecule has 6 heterocycles. The number of nitrogens with one attached hydrogen (secondary N) is 2. The number of ketones is 6. The molecular weight excluding hydrogens is 941 g/mol. The monoisotopic (exact) mass is 1010 g/mol. The van der Waals surface area contributed by atoms with Crippen LogP contribution in [0.15, 0.2) is 124 Å². The molecule has 396 valence electrons. The molecule has 17 nitrogen and oxygen atoms in total. The summed E-state index contributed by atoms with van der Waals surface area (Å²) in [6, 6.07) is 19.0. The second kappa shape index (κ2) is 31.7. The summed E-state index contributed by atoms with van der Waals surface area (Å²) in [6.45, 7) is 23.2. The van der Waals surface area contributed by atoms with Crippen LogP contribution in [-0.4, -0.2) is 75.0 Å². The van der Waals surface area contributed by atoms with Gasteiger partial charge in [-0.2, -0.15) is 15.3 Å². The van der Waals surface area contributed by atoms with Crippen molar-refractivity contribution in [2.75, 3.05) is 0 Å². The zero-order chi connectivity index (χ0) is 54.7. The Morgan fingerprint density at radius 1 is 0.568 bits per heavy atom. The lowest BCUT2D eigenvalue weighted by atomic mass is 10.0. The third-order valence-electron chi connectivity index (χ3n) is 11.2. The molecule has 8 rings (SSSR count). The maximum absolute atomic E-state index is 11.6. The molecule has 0 aliphatic rings. The van der Waals surface area contributed by atoms with Crippen LogP contribution in [0.4, 0.5) is 0 Å². The van der Waals surface area contributed by atoms with Gasteiger partial charge in [0.2, 0.25) is 0 Å². The van der Waals surface area contributed by atoms with Crippen LogP contribution in [0.25, 0.3) is 21.9 Å². The number of hydrogen-bond acceptors (Lipinski definition) is 14. The molecule has 8 aromatic rings. The first-order valence-corrected chi connectivity index (χ1v) is 24.9. The van der Waals surface area contributed by atoms with Gasteiger partial charge >= 0.3 is 0 Å². The molecular formula is C57H74N8O9. The minimum absolute atomic E-state index is 0.0421. The highest BCUT2D eigenvalue weighted by Crippen LogP contribution is 2.22. The number of oxazole rings is 1. The Morgan fingerprint density at radius 3 is 1.68 bits per heavy atom. The van der Waals surface area contributed by atoms with Crippen molar-refractivity contribution in [3.05, 3.63) is 139 Å². The van der Waals surface area contributed by atoms with Gasteiger partial charge in [0, 0.05) is 102 Å². The summed E-state index contributed by atoms with van der Waals surface area (Å²) >= 11 is 0. The van der Waals surface area contributed by atoms with E-state index < -0.39 is 0 Å². The molecule has 0 aliphatic heterocycles. The van der Waals surface area contributed by atoms with E-state index in [9.17, 15) is 28.8 Å². The number of H-pyrrole nitrogens is 2. The van der Waals surface area contributed by atoms with Crippen molar-refractivity contribution in [2.45, 2.75) is 122 Å². The molecule has 2 N–H and O–H groups in total. The minimum atomic E-state index is 0.0421. The molecule has 0 fully saturated rings. The lowest BCUT2D eigenvalue weighted by molar-refractivity contribution is -0.123. The number of benzene rings is 2. The van der Waals surface area contributed by atoms with Gasteiger partial charge in [-0.25, -0.2) is 4.98 Å². The Morgan fingerprint density at radius 2 is 1.14 bits per heavy atom. The van der Waals surface area contributed by atoms with Crippen molar-refractivity contribution in [3.63, 3.8) is 0 Å². The predicted molar refractivity (Wildman–Crippen MR) is 284 cm³/mol.